The Morgan fingerprint density at radius 3 is 2.47 bits per heavy atom. The Morgan fingerprint density at radius 1 is 1.29 bits per heavy atom. The van der Waals surface area contributed by atoms with Gasteiger partial charge in [0.05, 0.1) is 12.1 Å². The number of ether oxygens (including phenoxy) is 2. The van der Waals surface area contributed by atoms with E-state index in [0.717, 1.165) is 0 Å². The predicted octanol–water partition coefficient (Wildman–Crippen LogP) is 2.67. The van der Waals surface area contributed by atoms with Gasteiger partial charge in [0.15, 0.2) is 11.3 Å². The van der Waals surface area contributed by atoms with Crippen LogP contribution in [0.5, 0.6) is 5.75 Å². The Labute approximate surface area is 104 Å². The quantitative estimate of drug-likeness (QED) is 0.607. The van der Waals surface area contributed by atoms with E-state index in [9.17, 15) is 0 Å². The average Bonchev–Trinajstić information content (AvgIpc) is 2.36. The summed E-state index contributed by atoms with van der Waals surface area (Å²) in [7, 11) is 1.37. The number of rotatable bonds is 4. The molecule has 0 radical (unpaired) electrons. The minimum Gasteiger partial charge on any atom is -0.495 e. The van der Waals surface area contributed by atoms with Crippen LogP contribution in [0, 0.1) is 22.7 Å². The van der Waals surface area contributed by atoms with Crippen molar-refractivity contribution in [3.63, 3.8) is 0 Å². The molecule has 0 amide bonds. The molecule has 0 unspecified atom stereocenters. The number of halogens is 1. The van der Waals surface area contributed by atoms with Gasteiger partial charge in [-0.1, -0.05) is 23.7 Å². The number of para-hydroxylation sites is 1. The lowest BCUT2D eigenvalue weighted by Crippen LogP contribution is -2.05. The van der Waals surface area contributed by atoms with Crippen molar-refractivity contribution in [3.8, 4) is 17.9 Å². The molecule has 0 bridgehead atoms. The fourth-order valence-electron chi connectivity index (χ4n) is 1.09. The highest BCUT2D eigenvalue weighted by Gasteiger charge is 2.08. The van der Waals surface area contributed by atoms with Gasteiger partial charge in [0.1, 0.15) is 24.5 Å². The molecule has 0 heterocycles. The first-order valence-electron chi connectivity index (χ1n) is 4.67. The van der Waals surface area contributed by atoms with E-state index in [-0.39, 0.29) is 17.9 Å². The van der Waals surface area contributed by atoms with E-state index in [0.29, 0.717) is 10.8 Å². The molecule has 86 valence electrons. The third kappa shape index (κ3) is 3.41. The van der Waals surface area contributed by atoms with Crippen LogP contribution >= 0.6 is 11.6 Å². The number of nitriles is 2. The second-order valence-corrected chi connectivity index (χ2v) is 3.35. The van der Waals surface area contributed by atoms with E-state index in [4.69, 9.17) is 31.6 Å². The molecule has 0 fully saturated rings. The van der Waals surface area contributed by atoms with Gasteiger partial charge >= 0.3 is 0 Å². The summed E-state index contributed by atoms with van der Waals surface area (Å²) in [6, 6.07) is 10.4. The zero-order chi connectivity index (χ0) is 12.7. The molecule has 0 spiro atoms. The monoisotopic (exact) mass is 248 g/mol. The molecule has 0 aliphatic rings. The van der Waals surface area contributed by atoms with Crippen molar-refractivity contribution >= 4 is 11.6 Å². The standard InChI is InChI=1S/C12H9ClN2O2/c1-16-12(9(6-14)7-15)8-17-11-5-3-2-4-10(11)13/h2-5H,8H2,1H3. The van der Waals surface area contributed by atoms with Gasteiger partial charge in [0, 0.05) is 0 Å². The fraction of sp³-hybridized carbons (Fsp3) is 0.167. The average molecular weight is 249 g/mol. The van der Waals surface area contributed by atoms with Crippen molar-refractivity contribution in [2.45, 2.75) is 0 Å². The van der Waals surface area contributed by atoms with E-state index in [1.54, 1.807) is 36.4 Å². The highest BCUT2D eigenvalue weighted by atomic mass is 35.5. The molecule has 0 aromatic heterocycles. The molecule has 0 aliphatic carbocycles. The summed E-state index contributed by atoms with van der Waals surface area (Å²) < 4.78 is 10.3. The summed E-state index contributed by atoms with van der Waals surface area (Å²) >= 11 is 5.89. The summed E-state index contributed by atoms with van der Waals surface area (Å²) in [6.07, 6.45) is 0. The number of benzene rings is 1. The molecule has 4 nitrogen and oxygen atoms in total. The van der Waals surface area contributed by atoms with Crippen LogP contribution in [0.15, 0.2) is 35.6 Å². The topological polar surface area (TPSA) is 66.0 Å². The van der Waals surface area contributed by atoms with Gasteiger partial charge in [-0.2, -0.15) is 10.5 Å². The summed E-state index contributed by atoms with van der Waals surface area (Å²) in [5.74, 6) is 0.647. The lowest BCUT2D eigenvalue weighted by Gasteiger charge is -2.09. The van der Waals surface area contributed by atoms with Crippen molar-refractivity contribution in [1.82, 2.24) is 0 Å². The minimum atomic E-state index is -0.112. The smallest absolute Gasteiger partial charge is 0.170 e. The van der Waals surface area contributed by atoms with Crippen molar-refractivity contribution in [3.05, 3.63) is 40.6 Å². The van der Waals surface area contributed by atoms with Crippen molar-refractivity contribution in [2.24, 2.45) is 0 Å². The molecular formula is C12H9ClN2O2. The van der Waals surface area contributed by atoms with Crippen LogP contribution < -0.4 is 4.74 Å². The maximum atomic E-state index is 8.69. The number of nitrogens with zero attached hydrogens (tertiary/aromatic N) is 2. The largest absolute Gasteiger partial charge is 0.495 e. The molecule has 0 aliphatic heterocycles. The van der Waals surface area contributed by atoms with Crippen molar-refractivity contribution in [2.75, 3.05) is 13.7 Å². The Hall–Kier alpha value is -2.17. The Balaban J connectivity index is 2.81. The molecular weight excluding hydrogens is 240 g/mol. The molecule has 1 aromatic carbocycles. The van der Waals surface area contributed by atoms with Gasteiger partial charge in [-0.25, -0.2) is 0 Å². The molecule has 0 atom stereocenters. The van der Waals surface area contributed by atoms with Gasteiger partial charge in [0.25, 0.3) is 0 Å². The number of allylic oxidation sites excluding steroid dienone is 1. The lowest BCUT2D eigenvalue weighted by molar-refractivity contribution is 0.217. The van der Waals surface area contributed by atoms with Gasteiger partial charge in [-0.05, 0) is 12.1 Å². The van der Waals surface area contributed by atoms with E-state index in [2.05, 4.69) is 0 Å². The summed E-state index contributed by atoms with van der Waals surface area (Å²) in [5.41, 5.74) is -0.112. The fourth-order valence-corrected chi connectivity index (χ4v) is 1.28. The van der Waals surface area contributed by atoms with Crippen molar-refractivity contribution in [1.29, 1.82) is 10.5 Å². The van der Waals surface area contributed by atoms with E-state index < -0.39 is 0 Å². The van der Waals surface area contributed by atoms with Crippen LogP contribution in [0.2, 0.25) is 5.02 Å². The Kier molecular flexibility index (Phi) is 4.87. The predicted molar refractivity (Wildman–Crippen MR) is 62.2 cm³/mol. The normalized spacial score (nSPS) is 8.71. The van der Waals surface area contributed by atoms with Crippen LogP contribution in [-0.2, 0) is 4.74 Å². The van der Waals surface area contributed by atoms with Gasteiger partial charge < -0.3 is 9.47 Å². The molecule has 0 saturated heterocycles. The molecule has 1 rings (SSSR count). The van der Waals surface area contributed by atoms with Crippen molar-refractivity contribution < 1.29 is 9.47 Å². The summed E-state index contributed by atoms with van der Waals surface area (Å²) in [4.78, 5) is 0. The van der Waals surface area contributed by atoms with Crippen LogP contribution in [0.3, 0.4) is 0 Å². The van der Waals surface area contributed by atoms with E-state index in [1.807, 2.05) is 0 Å². The highest BCUT2D eigenvalue weighted by molar-refractivity contribution is 6.32. The zero-order valence-electron chi connectivity index (χ0n) is 9.11. The summed E-state index contributed by atoms with van der Waals surface area (Å²) in [6.45, 7) is -0.0172. The zero-order valence-corrected chi connectivity index (χ0v) is 9.86. The first-order valence-corrected chi connectivity index (χ1v) is 5.05. The number of hydrogen-bond donors (Lipinski definition) is 0. The van der Waals surface area contributed by atoms with Crippen LogP contribution in [0.25, 0.3) is 0 Å². The van der Waals surface area contributed by atoms with E-state index in [1.165, 1.54) is 7.11 Å². The first-order chi connectivity index (χ1) is 8.22. The second kappa shape index (κ2) is 6.42. The van der Waals surface area contributed by atoms with Gasteiger partial charge in [0.2, 0.25) is 0 Å². The number of hydrogen-bond acceptors (Lipinski definition) is 4. The molecule has 1 aromatic rings. The second-order valence-electron chi connectivity index (χ2n) is 2.95. The maximum Gasteiger partial charge on any atom is 0.170 e. The minimum absolute atomic E-state index is 0.0172. The number of methoxy groups -OCH3 is 1. The summed E-state index contributed by atoms with van der Waals surface area (Å²) in [5, 5.41) is 17.8. The first kappa shape index (κ1) is 12.9. The van der Waals surface area contributed by atoms with Crippen LogP contribution in [-0.4, -0.2) is 13.7 Å². The van der Waals surface area contributed by atoms with E-state index >= 15 is 0 Å². The third-order valence-electron chi connectivity index (χ3n) is 1.94. The SMILES string of the molecule is COC(COc1ccccc1Cl)=C(C#N)C#N. The Morgan fingerprint density at radius 2 is 1.94 bits per heavy atom. The molecule has 0 N–H and O–H groups in total. The Bertz CT molecular complexity index is 496. The third-order valence-corrected chi connectivity index (χ3v) is 2.26. The lowest BCUT2D eigenvalue weighted by atomic mass is 10.3. The molecule has 5 heteroatoms. The van der Waals surface area contributed by atoms with Gasteiger partial charge in [-0.15, -0.1) is 0 Å². The van der Waals surface area contributed by atoms with Gasteiger partial charge in [-0.3, -0.25) is 0 Å². The highest BCUT2D eigenvalue weighted by Crippen LogP contribution is 2.23. The van der Waals surface area contributed by atoms with Crippen LogP contribution in [0.4, 0.5) is 0 Å². The molecule has 0 saturated carbocycles. The van der Waals surface area contributed by atoms with Crippen LogP contribution in [0.1, 0.15) is 0 Å². The maximum absolute atomic E-state index is 8.69. The molecule has 17 heavy (non-hydrogen) atoms.